The van der Waals surface area contributed by atoms with Crippen LogP contribution in [-0.2, 0) is 9.73 Å². The maximum Gasteiger partial charge on any atom is 0.146 e. The lowest BCUT2D eigenvalue weighted by atomic mass is 10.1. The molecule has 0 aliphatic heterocycles. The Labute approximate surface area is 180 Å². The van der Waals surface area contributed by atoms with E-state index in [1.807, 2.05) is 13.0 Å². The molecule has 0 amide bonds. The Hall–Kier alpha value is -2.78. The molecule has 3 aromatic rings. The molecule has 0 bridgehead atoms. The summed E-state index contributed by atoms with van der Waals surface area (Å²) in [6.45, 7) is 1.91. The first-order valence-corrected chi connectivity index (χ1v) is 12.3. The minimum absolute atomic E-state index is 0.164. The minimum atomic E-state index is -2.30. The largest absolute Gasteiger partial charge is 0.488 e. The Kier molecular flexibility index (Phi) is 5.81. The lowest BCUT2D eigenvalue weighted by molar-refractivity contribution is 0.150. The van der Waals surface area contributed by atoms with Crippen LogP contribution in [0.5, 0.6) is 5.75 Å². The lowest BCUT2D eigenvalue weighted by Gasteiger charge is -2.18. The second-order valence-electron chi connectivity index (χ2n) is 8.12. The van der Waals surface area contributed by atoms with Gasteiger partial charge in [-0.05, 0) is 49.6 Å². The van der Waals surface area contributed by atoms with Gasteiger partial charge in [0.2, 0.25) is 0 Å². The summed E-state index contributed by atoms with van der Waals surface area (Å²) in [6.07, 6.45) is 5.96. The van der Waals surface area contributed by atoms with Gasteiger partial charge in [-0.2, -0.15) is 4.36 Å². The molecule has 2 unspecified atom stereocenters. The van der Waals surface area contributed by atoms with E-state index in [0.29, 0.717) is 41.3 Å². The van der Waals surface area contributed by atoms with Crippen molar-refractivity contribution in [3.8, 4) is 5.75 Å². The number of nitrogens with one attached hydrogen (secondary N) is 1. The molecule has 1 saturated carbocycles. The predicted molar refractivity (Wildman–Crippen MR) is 120 cm³/mol. The second kappa shape index (κ2) is 8.39. The summed E-state index contributed by atoms with van der Waals surface area (Å²) >= 11 is 0. The number of aliphatic hydroxyl groups excluding tert-OH is 1. The molecule has 2 aromatic carbocycles. The molecule has 0 saturated heterocycles. The van der Waals surface area contributed by atoms with E-state index in [0.717, 1.165) is 17.4 Å². The number of anilines is 2. The van der Waals surface area contributed by atoms with E-state index in [9.17, 15) is 13.7 Å². The van der Waals surface area contributed by atoms with Crippen molar-refractivity contribution in [1.29, 1.82) is 0 Å². The van der Waals surface area contributed by atoms with Gasteiger partial charge in [0.25, 0.3) is 0 Å². The van der Waals surface area contributed by atoms with E-state index in [2.05, 4.69) is 19.6 Å². The van der Waals surface area contributed by atoms with Gasteiger partial charge < -0.3 is 15.2 Å². The third-order valence-corrected chi connectivity index (χ3v) is 5.74. The van der Waals surface area contributed by atoms with Crippen molar-refractivity contribution in [2.45, 2.75) is 38.4 Å². The molecular weight excluding hydrogens is 419 g/mol. The Morgan fingerprint density at radius 2 is 2.03 bits per heavy atom. The summed E-state index contributed by atoms with van der Waals surface area (Å²) < 4.78 is 36.2. The number of hydrogen-bond donors (Lipinski definition) is 2. The Balaban J connectivity index is 1.71. The fourth-order valence-corrected chi connectivity index (χ4v) is 4.42. The van der Waals surface area contributed by atoms with Crippen molar-refractivity contribution in [2.24, 2.45) is 4.36 Å². The fourth-order valence-electron chi connectivity index (χ4n) is 3.80. The van der Waals surface area contributed by atoms with Gasteiger partial charge in [-0.25, -0.2) is 18.6 Å². The minimum Gasteiger partial charge on any atom is -0.488 e. The molecule has 2 atom stereocenters. The van der Waals surface area contributed by atoms with Crippen LogP contribution in [0.3, 0.4) is 0 Å². The molecule has 1 heterocycles. The van der Waals surface area contributed by atoms with E-state index in [1.54, 1.807) is 24.6 Å². The highest BCUT2D eigenvalue weighted by Gasteiger charge is 2.25. The number of benzene rings is 2. The molecule has 164 valence electrons. The van der Waals surface area contributed by atoms with Crippen LogP contribution in [0.1, 0.15) is 24.8 Å². The number of rotatable bonds is 5. The zero-order valence-electron chi connectivity index (χ0n) is 17.6. The van der Waals surface area contributed by atoms with Crippen LogP contribution >= 0.6 is 0 Å². The van der Waals surface area contributed by atoms with Crippen molar-refractivity contribution >= 4 is 37.8 Å². The summed E-state index contributed by atoms with van der Waals surface area (Å²) in [5.41, 5.74) is 2.69. The number of nitrogens with zero attached hydrogens (tertiary/aromatic N) is 3. The molecule has 0 spiro atoms. The van der Waals surface area contributed by atoms with Gasteiger partial charge in [0.1, 0.15) is 29.8 Å². The van der Waals surface area contributed by atoms with Crippen LogP contribution < -0.4 is 10.1 Å². The van der Waals surface area contributed by atoms with E-state index >= 15 is 0 Å². The molecule has 0 radical (unpaired) electrons. The average Bonchev–Trinajstić information content (AvgIpc) is 3.07. The molecule has 1 aliphatic rings. The van der Waals surface area contributed by atoms with Gasteiger partial charge in [0, 0.05) is 40.1 Å². The van der Waals surface area contributed by atoms with Crippen LogP contribution in [0.15, 0.2) is 41.0 Å². The topological polar surface area (TPSA) is 96.7 Å². The summed E-state index contributed by atoms with van der Waals surface area (Å²) in [6, 6.07) is 7.89. The van der Waals surface area contributed by atoms with Crippen molar-refractivity contribution in [3.05, 3.63) is 48.0 Å². The number of aromatic nitrogens is 2. The van der Waals surface area contributed by atoms with E-state index < -0.39 is 15.5 Å². The van der Waals surface area contributed by atoms with Crippen molar-refractivity contribution in [3.63, 3.8) is 0 Å². The fraction of sp³-hybridized carbons (Fsp3) is 0.364. The van der Waals surface area contributed by atoms with Gasteiger partial charge in [-0.1, -0.05) is 0 Å². The first kappa shape index (κ1) is 21.5. The summed E-state index contributed by atoms with van der Waals surface area (Å²) in [4.78, 5) is 8.72. The Bertz CT molecular complexity index is 1250. The van der Waals surface area contributed by atoms with Gasteiger partial charge >= 0.3 is 0 Å². The molecule has 1 fully saturated rings. The van der Waals surface area contributed by atoms with Crippen molar-refractivity contribution in [2.75, 3.05) is 17.8 Å². The zero-order valence-corrected chi connectivity index (χ0v) is 18.4. The van der Waals surface area contributed by atoms with Crippen LogP contribution in [0, 0.1) is 12.7 Å². The first-order chi connectivity index (χ1) is 14.7. The van der Waals surface area contributed by atoms with E-state index in [1.165, 1.54) is 18.5 Å². The Morgan fingerprint density at radius 1 is 1.23 bits per heavy atom. The molecule has 1 aliphatic carbocycles. The standard InChI is InChI=1S/C22H25FN4O3S/c1-13-8-15(27-31(2,3)29)10-19-21(13)22(25-12-24-19)26-18-7-4-14(23)9-20(18)30-17-6-5-16(28)11-17/h4,7-10,12,16-17,28H,5-6,11H2,1-3H3,(H,24,25,26). The average molecular weight is 445 g/mol. The van der Waals surface area contributed by atoms with Crippen LogP contribution in [0.25, 0.3) is 10.9 Å². The lowest BCUT2D eigenvalue weighted by Crippen LogP contribution is -2.14. The number of ether oxygens (including phenoxy) is 1. The number of aryl methyl sites for hydroxylation is 1. The van der Waals surface area contributed by atoms with Gasteiger partial charge in [0.15, 0.2) is 0 Å². The van der Waals surface area contributed by atoms with Gasteiger partial charge in [-0.15, -0.1) is 0 Å². The molecule has 9 heteroatoms. The predicted octanol–water partition coefficient (Wildman–Crippen LogP) is 4.47. The molecule has 2 N–H and O–H groups in total. The smallest absolute Gasteiger partial charge is 0.146 e. The number of fused-ring (bicyclic) bond motifs is 1. The van der Waals surface area contributed by atoms with E-state index in [-0.39, 0.29) is 12.2 Å². The number of hydrogen-bond acceptors (Lipinski definition) is 7. The monoisotopic (exact) mass is 444 g/mol. The van der Waals surface area contributed by atoms with E-state index in [4.69, 9.17) is 4.74 Å². The van der Waals surface area contributed by atoms with Crippen LogP contribution in [-0.4, -0.2) is 44.0 Å². The summed E-state index contributed by atoms with van der Waals surface area (Å²) in [5, 5.41) is 13.8. The molecule has 31 heavy (non-hydrogen) atoms. The highest BCUT2D eigenvalue weighted by molar-refractivity contribution is 7.92. The number of aliphatic hydroxyl groups is 1. The summed E-state index contributed by atoms with van der Waals surface area (Å²) in [7, 11) is -2.30. The second-order valence-corrected chi connectivity index (χ2v) is 10.7. The molecular formula is C22H25FN4O3S. The van der Waals surface area contributed by atoms with Crippen LogP contribution in [0.4, 0.5) is 21.6 Å². The SMILES string of the molecule is Cc1cc(N=S(C)(C)=O)cc2ncnc(Nc3ccc(F)cc3OC3CCC(O)C3)c12. The summed E-state index contributed by atoms with van der Waals surface area (Å²) in [5.74, 6) is 0.509. The molecule has 4 rings (SSSR count). The Morgan fingerprint density at radius 3 is 2.74 bits per heavy atom. The highest BCUT2D eigenvalue weighted by Crippen LogP contribution is 2.35. The number of halogens is 1. The molecule has 7 nitrogen and oxygen atoms in total. The first-order valence-electron chi connectivity index (χ1n) is 10.0. The zero-order chi connectivity index (χ0) is 22.2. The van der Waals surface area contributed by atoms with Crippen molar-refractivity contribution < 1.29 is 18.4 Å². The maximum atomic E-state index is 13.9. The molecule has 1 aromatic heterocycles. The van der Waals surface area contributed by atoms with Crippen molar-refractivity contribution in [1.82, 2.24) is 9.97 Å². The normalized spacial score (nSPS) is 18.9. The van der Waals surface area contributed by atoms with Crippen LogP contribution in [0.2, 0.25) is 0 Å². The third kappa shape index (κ3) is 5.11. The highest BCUT2D eigenvalue weighted by atomic mass is 32.2. The van der Waals surface area contributed by atoms with Gasteiger partial charge in [-0.3, -0.25) is 0 Å². The maximum absolute atomic E-state index is 13.9. The third-order valence-electron chi connectivity index (χ3n) is 5.09. The quantitative estimate of drug-likeness (QED) is 0.603. The van der Waals surface area contributed by atoms with Gasteiger partial charge in [0.05, 0.1) is 23.0 Å².